The van der Waals surface area contributed by atoms with Crippen molar-refractivity contribution in [1.29, 1.82) is 0 Å². The van der Waals surface area contributed by atoms with Crippen LogP contribution >= 0.6 is 0 Å². The Labute approximate surface area is 90.7 Å². The molecule has 1 unspecified atom stereocenters. The maximum Gasteiger partial charge on any atom is 0.279 e. The SMILES string of the molecule is CN(C)S(=O)(=O)NCC1COC(C)(C)O1. The van der Waals surface area contributed by atoms with Crippen LogP contribution in [-0.4, -0.2) is 51.9 Å². The zero-order valence-electron chi connectivity index (χ0n) is 9.48. The molecular weight excluding hydrogens is 220 g/mol. The molecule has 15 heavy (non-hydrogen) atoms. The monoisotopic (exact) mass is 238 g/mol. The maximum absolute atomic E-state index is 11.4. The van der Waals surface area contributed by atoms with Crippen LogP contribution in [0.3, 0.4) is 0 Å². The summed E-state index contributed by atoms with van der Waals surface area (Å²) < 4.78 is 37.0. The van der Waals surface area contributed by atoms with E-state index in [4.69, 9.17) is 9.47 Å². The molecule has 1 rings (SSSR count). The van der Waals surface area contributed by atoms with Gasteiger partial charge in [-0.25, -0.2) is 0 Å². The zero-order valence-corrected chi connectivity index (χ0v) is 10.3. The number of hydrogen-bond acceptors (Lipinski definition) is 4. The van der Waals surface area contributed by atoms with Gasteiger partial charge in [-0.15, -0.1) is 0 Å². The van der Waals surface area contributed by atoms with Crippen molar-refractivity contribution in [3.63, 3.8) is 0 Å². The second-order valence-corrected chi connectivity index (χ2v) is 6.06. The molecule has 0 saturated carbocycles. The predicted octanol–water partition coefficient (Wildman–Crippen LogP) is -0.466. The minimum absolute atomic E-state index is 0.226. The van der Waals surface area contributed by atoms with Crippen molar-refractivity contribution in [2.75, 3.05) is 27.2 Å². The van der Waals surface area contributed by atoms with Crippen molar-refractivity contribution in [2.24, 2.45) is 0 Å². The summed E-state index contributed by atoms with van der Waals surface area (Å²) in [6.07, 6.45) is -0.227. The van der Waals surface area contributed by atoms with Crippen LogP contribution in [0.2, 0.25) is 0 Å². The summed E-state index contributed by atoms with van der Waals surface area (Å²) in [6, 6.07) is 0. The van der Waals surface area contributed by atoms with Crippen LogP contribution in [0.4, 0.5) is 0 Å². The molecule has 0 aromatic rings. The molecule has 0 aromatic carbocycles. The summed E-state index contributed by atoms with van der Waals surface area (Å²) in [7, 11) is -0.434. The number of hydrogen-bond donors (Lipinski definition) is 1. The molecule has 0 amide bonds. The first-order chi connectivity index (χ1) is 6.73. The fourth-order valence-corrected chi connectivity index (χ4v) is 1.85. The number of ether oxygens (including phenoxy) is 2. The van der Waals surface area contributed by atoms with E-state index in [1.165, 1.54) is 14.1 Å². The molecule has 7 heteroatoms. The van der Waals surface area contributed by atoms with Gasteiger partial charge in [-0.2, -0.15) is 17.4 Å². The van der Waals surface area contributed by atoms with E-state index < -0.39 is 16.0 Å². The van der Waals surface area contributed by atoms with E-state index >= 15 is 0 Å². The van der Waals surface area contributed by atoms with Crippen LogP contribution in [0.25, 0.3) is 0 Å². The first kappa shape index (κ1) is 12.9. The number of rotatable bonds is 4. The van der Waals surface area contributed by atoms with E-state index in [2.05, 4.69) is 4.72 Å². The standard InChI is InChI=1S/C8H18N2O4S/c1-8(2)13-6-7(14-8)5-9-15(11,12)10(3)4/h7,9H,5-6H2,1-4H3. The molecule has 1 N–H and O–H groups in total. The average molecular weight is 238 g/mol. The smallest absolute Gasteiger partial charge is 0.279 e. The third-order valence-electron chi connectivity index (χ3n) is 2.04. The van der Waals surface area contributed by atoms with Crippen LogP contribution in [0.15, 0.2) is 0 Å². The molecular formula is C8H18N2O4S. The van der Waals surface area contributed by atoms with Crippen molar-refractivity contribution in [2.45, 2.75) is 25.7 Å². The topological polar surface area (TPSA) is 67.9 Å². The Morgan fingerprint density at radius 1 is 1.47 bits per heavy atom. The predicted molar refractivity (Wildman–Crippen MR) is 55.5 cm³/mol. The van der Waals surface area contributed by atoms with Gasteiger partial charge in [-0.3, -0.25) is 0 Å². The molecule has 1 fully saturated rings. The molecule has 0 aliphatic carbocycles. The summed E-state index contributed by atoms with van der Waals surface area (Å²) in [6.45, 7) is 4.23. The summed E-state index contributed by atoms with van der Waals surface area (Å²) >= 11 is 0. The molecule has 1 heterocycles. The quantitative estimate of drug-likeness (QED) is 0.719. The second-order valence-electron chi connectivity index (χ2n) is 4.09. The van der Waals surface area contributed by atoms with Crippen LogP contribution < -0.4 is 4.72 Å². The van der Waals surface area contributed by atoms with Gasteiger partial charge in [0.15, 0.2) is 5.79 Å². The van der Waals surface area contributed by atoms with Crippen LogP contribution in [0, 0.1) is 0 Å². The van der Waals surface area contributed by atoms with Gasteiger partial charge in [-0.1, -0.05) is 0 Å². The highest BCUT2D eigenvalue weighted by atomic mass is 32.2. The Balaban J connectivity index is 2.40. The van der Waals surface area contributed by atoms with Gasteiger partial charge in [0.1, 0.15) is 0 Å². The van der Waals surface area contributed by atoms with Crippen molar-refractivity contribution in [3.8, 4) is 0 Å². The molecule has 0 spiro atoms. The highest BCUT2D eigenvalue weighted by Crippen LogP contribution is 2.21. The van der Waals surface area contributed by atoms with Crippen molar-refractivity contribution < 1.29 is 17.9 Å². The van der Waals surface area contributed by atoms with E-state index in [0.717, 1.165) is 4.31 Å². The lowest BCUT2D eigenvalue weighted by Crippen LogP contribution is -2.40. The highest BCUT2D eigenvalue weighted by Gasteiger charge is 2.33. The fraction of sp³-hybridized carbons (Fsp3) is 1.00. The van der Waals surface area contributed by atoms with Crippen molar-refractivity contribution >= 4 is 10.2 Å². The fourth-order valence-electron chi connectivity index (χ4n) is 1.19. The summed E-state index contributed by atoms with van der Waals surface area (Å²) in [5.74, 6) is -0.617. The van der Waals surface area contributed by atoms with Crippen molar-refractivity contribution in [3.05, 3.63) is 0 Å². The first-order valence-electron chi connectivity index (χ1n) is 4.72. The molecule has 1 atom stereocenters. The van der Waals surface area contributed by atoms with Gasteiger partial charge in [0.25, 0.3) is 10.2 Å². The van der Waals surface area contributed by atoms with Gasteiger partial charge in [0, 0.05) is 20.6 Å². The van der Waals surface area contributed by atoms with Crippen molar-refractivity contribution in [1.82, 2.24) is 9.03 Å². The van der Waals surface area contributed by atoms with E-state index in [0.29, 0.717) is 6.61 Å². The molecule has 6 nitrogen and oxygen atoms in total. The molecule has 90 valence electrons. The lowest BCUT2D eigenvalue weighted by Gasteiger charge is -2.18. The van der Waals surface area contributed by atoms with E-state index in [-0.39, 0.29) is 12.6 Å². The largest absolute Gasteiger partial charge is 0.348 e. The third kappa shape index (κ3) is 3.69. The molecule has 1 aliphatic rings. The molecule has 0 bridgehead atoms. The van der Waals surface area contributed by atoms with Gasteiger partial charge in [-0.05, 0) is 13.8 Å². The lowest BCUT2D eigenvalue weighted by molar-refractivity contribution is -0.137. The average Bonchev–Trinajstić information content (AvgIpc) is 2.42. The molecule has 1 saturated heterocycles. The summed E-state index contributed by atoms with van der Waals surface area (Å²) in [4.78, 5) is 0. The van der Waals surface area contributed by atoms with Crippen LogP contribution in [0.5, 0.6) is 0 Å². The minimum atomic E-state index is -3.38. The molecule has 1 aliphatic heterocycles. The van der Waals surface area contributed by atoms with Crippen LogP contribution in [0.1, 0.15) is 13.8 Å². The summed E-state index contributed by atoms with van der Waals surface area (Å²) in [5.41, 5.74) is 0. The third-order valence-corrected chi connectivity index (χ3v) is 3.53. The maximum atomic E-state index is 11.4. The van der Waals surface area contributed by atoms with Gasteiger partial charge in [0.2, 0.25) is 0 Å². The van der Waals surface area contributed by atoms with E-state index in [1.807, 2.05) is 0 Å². The number of nitrogens with zero attached hydrogens (tertiary/aromatic N) is 1. The summed E-state index contributed by atoms with van der Waals surface area (Å²) in [5, 5.41) is 0. The zero-order chi connectivity index (χ0) is 11.7. The molecule has 0 aromatic heterocycles. The Hall–Kier alpha value is -0.210. The Morgan fingerprint density at radius 2 is 2.07 bits per heavy atom. The minimum Gasteiger partial charge on any atom is -0.348 e. The van der Waals surface area contributed by atoms with Gasteiger partial charge < -0.3 is 9.47 Å². The molecule has 0 radical (unpaired) electrons. The van der Waals surface area contributed by atoms with E-state index in [9.17, 15) is 8.42 Å². The highest BCUT2D eigenvalue weighted by molar-refractivity contribution is 7.87. The van der Waals surface area contributed by atoms with Gasteiger partial charge in [0.05, 0.1) is 12.7 Å². The van der Waals surface area contributed by atoms with Crippen LogP contribution in [-0.2, 0) is 19.7 Å². The first-order valence-corrected chi connectivity index (χ1v) is 6.16. The number of nitrogens with one attached hydrogen (secondary N) is 1. The Morgan fingerprint density at radius 3 is 2.47 bits per heavy atom. The Kier molecular flexibility index (Phi) is 3.72. The second kappa shape index (κ2) is 4.34. The Bertz CT molecular complexity index is 313. The van der Waals surface area contributed by atoms with Gasteiger partial charge >= 0.3 is 0 Å². The van der Waals surface area contributed by atoms with E-state index in [1.54, 1.807) is 13.8 Å². The normalized spacial score (nSPS) is 26.1. The lowest BCUT2D eigenvalue weighted by atomic mass is 10.4.